The first-order valence-electron chi connectivity index (χ1n) is 6.79. The molecule has 1 aromatic heterocycles. The molecule has 0 spiro atoms. The van der Waals surface area contributed by atoms with Crippen molar-refractivity contribution in [2.45, 2.75) is 6.92 Å². The first-order chi connectivity index (χ1) is 11.0. The monoisotopic (exact) mass is 330 g/mol. The number of amides is 1. The molecule has 0 saturated carbocycles. The summed E-state index contributed by atoms with van der Waals surface area (Å²) in [6.07, 6.45) is 0. The lowest BCUT2D eigenvalue weighted by molar-refractivity contribution is 0.101. The Labute approximate surface area is 136 Å². The molecule has 1 N–H and O–H groups in total. The van der Waals surface area contributed by atoms with E-state index in [0.717, 1.165) is 0 Å². The van der Waals surface area contributed by atoms with Crippen molar-refractivity contribution in [2.75, 3.05) is 5.32 Å². The molecule has 23 heavy (non-hydrogen) atoms. The highest BCUT2D eigenvalue weighted by atomic mass is 35.5. The van der Waals surface area contributed by atoms with Crippen LogP contribution in [0, 0.1) is 12.7 Å². The number of carbonyl (C=O) groups is 1. The fraction of sp³-hybridized carbons (Fsp3) is 0.0625. The third-order valence-corrected chi connectivity index (χ3v) is 3.40. The minimum Gasteiger partial charge on any atom is -0.319 e. The van der Waals surface area contributed by atoms with Gasteiger partial charge in [0.25, 0.3) is 5.91 Å². The molecular weight excluding hydrogens is 319 g/mol. The Bertz CT molecular complexity index is 844. The molecule has 3 aromatic rings. The minimum absolute atomic E-state index is 0.0294. The molecule has 116 valence electrons. The minimum atomic E-state index is -0.434. The van der Waals surface area contributed by atoms with E-state index in [9.17, 15) is 9.18 Å². The van der Waals surface area contributed by atoms with Gasteiger partial charge < -0.3 is 5.32 Å². The molecule has 5 nitrogen and oxygen atoms in total. The van der Waals surface area contributed by atoms with Crippen LogP contribution in [0.5, 0.6) is 0 Å². The summed E-state index contributed by atoms with van der Waals surface area (Å²) in [4.78, 5) is 16.4. The molecule has 0 saturated heterocycles. The summed E-state index contributed by atoms with van der Waals surface area (Å²) < 4.78 is 14.5. The lowest BCUT2D eigenvalue weighted by Gasteiger charge is -2.03. The number of nitrogens with zero attached hydrogens (tertiary/aromatic N) is 3. The van der Waals surface area contributed by atoms with Crippen LogP contribution in [0.1, 0.15) is 16.4 Å². The standard InChI is InChI=1S/C16H12ClFN4O/c1-10-19-15(16(23)20-13-6-2-11(17)3-7-13)21-22(10)14-8-4-12(18)5-9-14/h2-9H,1H3,(H,20,23). The average Bonchev–Trinajstić information content (AvgIpc) is 2.92. The molecule has 0 bridgehead atoms. The highest BCUT2D eigenvalue weighted by molar-refractivity contribution is 6.30. The van der Waals surface area contributed by atoms with Crippen LogP contribution < -0.4 is 5.32 Å². The predicted octanol–water partition coefficient (Wildman–Crippen LogP) is 3.62. The van der Waals surface area contributed by atoms with E-state index in [1.807, 2.05) is 0 Å². The number of anilines is 1. The van der Waals surface area contributed by atoms with Crippen LogP contribution in [-0.4, -0.2) is 20.7 Å². The summed E-state index contributed by atoms with van der Waals surface area (Å²) in [7, 11) is 0. The van der Waals surface area contributed by atoms with E-state index < -0.39 is 5.91 Å². The lowest BCUT2D eigenvalue weighted by atomic mass is 10.3. The summed E-state index contributed by atoms with van der Waals surface area (Å²) in [6.45, 7) is 1.72. The van der Waals surface area contributed by atoms with E-state index in [1.165, 1.54) is 16.8 Å². The third-order valence-electron chi connectivity index (χ3n) is 3.15. The molecule has 2 aromatic carbocycles. The van der Waals surface area contributed by atoms with E-state index in [0.29, 0.717) is 22.2 Å². The number of halogens is 2. The van der Waals surface area contributed by atoms with Crippen molar-refractivity contribution in [3.63, 3.8) is 0 Å². The van der Waals surface area contributed by atoms with E-state index in [2.05, 4.69) is 15.4 Å². The van der Waals surface area contributed by atoms with Crippen LogP contribution >= 0.6 is 11.6 Å². The quantitative estimate of drug-likeness (QED) is 0.798. The predicted molar refractivity (Wildman–Crippen MR) is 85.5 cm³/mol. The maximum absolute atomic E-state index is 13.0. The van der Waals surface area contributed by atoms with Crippen LogP contribution in [0.4, 0.5) is 10.1 Å². The van der Waals surface area contributed by atoms with Crippen LogP contribution in [0.25, 0.3) is 5.69 Å². The molecule has 0 aliphatic heterocycles. The molecule has 0 aliphatic rings. The summed E-state index contributed by atoms with van der Waals surface area (Å²) in [6, 6.07) is 12.5. The van der Waals surface area contributed by atoms with E-state index in [-0.39, 0.29) is 11.6 Å². The van der Waals surface area contributed by atoms with Gasteiger partial charge in [-0.1, -0.05) is 11.6 Å². The average molecular weight is 331 g/mol. The van der Waals surface area contributed by atoms with Crippen LogP contribution in [0.2, 0.25) is 5.02 Å². The van der Waals surface area contributed by atoms with Crippen molar-refractivity contribution in [3.05, 3.63) is 71.0 Å². The van der Waals surface area contributed by atoms with E-state index >= 15 is 0 Å². The number of aromatic nitrogens is 3. The number of hydrogen-bond acceptors (Lipinski definition) is 3. The Hall–Kier alpha value is -2.73. The lowest BCUT2D eigenvalue weighted by Crippen LogP contribution is -2.14. The van der Waals surface area contributed by atoms with Gasteiger partial charge in [-0.25, -0.2) is 14.1 Å². The Morgan fingerprint density at radius 3 is 2.43 bits per heavy atom. The maximum atomic E-state index is 13.0. The first kappa shape index (κ1) is 15.2. The van der Waals surface area contributed by atoms with Crippen molar-refractivity contribution in [3.8, 4) is 5.69 Å². The molecule has 0 aliphatic carbocycles. The summed E-state index contributed by atoms with van der Waals surface area (Å²) >= 11 is 5.80. The van der Waals surface area contributed by atoms with E-state index in [1.54, 1.807) is 43.3 Å². The maximum Gasteiger partial charge on any atom is 0.295 e. The Balaban J connectivity index is 1.83. The number of aryl methyl sites for hydroxylation is 1. The molecule has 3 rings (SSSR count). The number of carbonyl (C=O) groups excluding carboxylic acids is 1. The van der Waals surface area contributed by atoms with Crippen molar-refractivity contribution in [1.82, 2.24) is 14.8 Å². The van der Waals surface area contributed by atoms with Crippen molar-refractivity contribution in [1.29, 1.82) is 0 Å². The molecule has 0 fully saturated rings. The SMILES string of the molecule is Cc1nc(C(=O)Nc2ccc(Cl)cc2)nn1-c1ccc(F)cc1. The number of hydrogen-bond donors (Lipinski definition) is 1. The van der Waals surface area contributed by atoms with Crippen LogP contribution in [0.15, 0.2) is 48.5 Å². The third kappa shape index (κ3) is 3.37. The van der Waals surface area contributed by atoms with Crippen molar-refractivity contribution in [2.24, 2.45) is 0 Å². The number of nitrogens with one attached hydrogen (secondary N) is 1. The fourth-order valence-electron chi connectivity index (χ4n) is 2.03. The van der Waals surface area contributed by atoms with Gasteiger partial charge >= 0.3 is 0 Å². The highest BCUT2D eigenvalue weighted by Crippen LogP contribution is 2.15. The van der Waals surface area contributed by atoms with Gasteiger partial charge in [-0.2, -0.15) is 0 Å². The van der Waals surface area contributed by atoms with Gasteiger partial charge in [0.1, 0.15) is 11.6 Å². The van der Waals surface area contributed by atoms with Gasteiger partial charge in [0, 0.05) is 10.7 Å². The summed E-state index contributed by atoms with van der Waals surface area (Å²) in [5.74, 6) is -0.219. The zero-order valence-corrected chi connectivity index (χ0v) is 12.9. The fourth-order valence-corrected chi connectivity index (χ4v) is 2.16. The van der Waals surface area contributed by atoms with Crippen LogP contribution in [0.3, 0.4) is 0 Å². The summed E-state index contributed by atoms with van der Waals surface area (Å²) in [5, 5.41) is 7.44. The molecule has 1 amide bonds. The molecule has 0 atom stereocenters. The van der Waals surface area contributed by atoms with Gasteiger partial charge in [-0.05, 0) is 55.5 Å². The second kappa shape index (κ2) is 6.18. The molecule has 0 unspecified atom stereocenters. The van der Waals surface area contributed by atoms with Gasteiger partial charge in [-0.3, -0.25) is 4.79 Å². The molecule has 0 radical (unpaired) electrons. The second-order valence-corrected chi connectivity index (χ2v) is 5.27. The zero-order chi connectivity index (χ0) is 16.4. The van der Waals surface area contributed by atoms with Crippen LogP contribution in [-0.2, 0) is 0 Å². The topological polar surface area (TPSA) is 59.8 Å². The van der Waals surface area contributed by atoms with Gasteiger partial charge in [-0.15, -0.1) is 5.10 Å². The number of rotatable bonds is 3. The second-order valence-electron chi connectivity index (χ2n) is 4.83. The normalized spacial score (nSPS) is 10.6. The Kier molecular flexibility index (Phi) is 4.08. The van der Waals surface area contributed by atoms with Crippen molar-refractivity contribution >= 4 is 23.2 Å². The number of benzene rings is 2. The largest absolute Gasteiger partial charge is 0.319 e. The molecule has 7 heteroatoms. The van der Waals surface area contributed by atoms with Crippen molar-refractivity contribution < 1.29 is 9.18 Å². The van der Waals surface area contributed by atoms with Gasteiger partial charge in [0.05, 0.1) is 5.69 Å². The smallest absolute Gasteiger partial charge is 0.295 e. The Morgan fingerprint density at radius 2 is 1.78 bits per heavy atom. The molecular formula is C16H12ClFN4O. The Morgan fingerprint density at radius 1 is 1.13 bits per heavy atom. The molecule has 1 heterocycles. The van der Waals surface area contributed by atoms with Gasteiger partial charge in [0.2, 0.25) is 5.82 Å². The highest BCUT2D eigenvalue weighted by Gasteiger charge is 2.15. The van der Waals surface area contributed by atoms with E-state index in [4.69, 9.17) is 11.6 Å². The van der Waals surface area contributed by atoms with Gasteiger partial charge in [0.15, 0.2) is 0 Å². The first-order valence-corrected chi connectivity index (χ1v) is 7.17. The zero-order valence-electron chi connectivity index (χ0n) is 12.1. The summed E-state index contributed by atoms with van der Waals surface area (Å²) in [5.41, 5.74) is 1.22.